The maximum absolute atomic E-state index is 9.50. The molecule has 0 aliphatic carbocycles. The summed E-state index contributed by atoms with van der Waals surface area (Å²) in [7, 11) is 0. The van der Waals surface area contributed by atoms with E-state index >= 15 is 0 Å². The predicted molar refractivity (Wildman–Crippen MR) is 207 cm³/mol. The van der Waals surface area contributed by atoms with Crippen LogP contribution in [0.15, 0.2) is 174 Å². The smallest absolute Gasteiger partial charge is 0.167 e. The van der Waals surface area contributed by atoms with Crippen LogP contribution >= 0.6 is 0 Å². The number of hydrogen-bond acceptors (Lipinski definition) is 6. The number of fused-ring (bicyclic) bond motifs is 5. The number of benzene rings is 7. The molecule has 0 fully saturated rings. The zero-order valence-electron chi connectivity index (χ0n) is 28.3. The molecule has 7 aromatic carbocycles. The van der Waals surface area contributed by atoms with E-state index in [0.29, 0.717) is 28.8 Å². The summed E-state index contributed by atoms with van der Waals surface area (Å²) in [5.74, 6) is 2.87. The van der Waals surface area contributed by atoms with Crippen molar-refractivity contribution in [1.29, 1.82) is 5.26 Å². The van der Waals surface area contributed by atoms with Crippen molar-refractivity contribution in [2.45, 2.75) is 5.41 Å². The van der Waals surface area contributed by atoms with Gasteiger partial charge in [0.15, 0.2) is 17.5 Å². The summed E-state index contributed by atoms with van der Waals surface area (Å²) < 4.78 is 13.2. The van der Waals surface area contributed by atoms with Crippen molar-refractivity contribution in [3.8, 4) is 51.7 Å². The minimum Gasteiger partial charge on any atom is -0.456 e. The van der Waals surface area contributed by atoms with Gasteiger partial charge in [0.05, 0.1) is 22.6 Å². The van der Waals surface area contributed by atoms with Crippen molar-refractivity contribution in [2.75, 3.05) is 0 Å². The number of furan rings is 1. The van der Waals surface area contributed by atoms with Gasteiger partial charge in [-0.2, -0.15) is 5.26 Å². The van der Waals surface area contributed by atoms with Crippen LogP contribution in [0.3, 0.4) is 0 Å². The summed E-state index contributed by atoms with van der Waals surface area (Å²) in [6, 6.07) is 59.2. The normalized spacial score (nSPS) is 12.8. The van der Waals surface area contributed by atoms with Gasteiger partial charge in [-0.1, -0.05) is 115 Å². The lowest BCUT2D eigenvalue weighted by Crippen LogP contribution is -2.34. The molecule has 0 atom stereocenters. The summed E-state index contributed by atoms with van der Waals surface area (Å²) in [6.45, 7) is 0. The second-order valence-corrected chi connectivity index (χ2v) is 13.1. The van der Waals surface area contributed by atoms with Gasteiger partial charge in [-0.15, -0.1) is 0 Å². The summed E-state index contributed by atoms with van der Waals surface area (Å²) in [5.41, 5.74) is 7.99. The van der Waals surface area contributed by atoms with Crippen molar-refractivity contribution in [1.82, 2.24) is 15.0 Å². The maximum Gasteiger partial charge on any atom is 0.167 e. The average molecular weight is 681 g/mol. The Balaban J connectivity index is 1.23. The molecule has 10 rings (SSSR count). The number of hydrogen-bond donors (Lipinski definition) is 0. The third kappa shape index (κ3) is 4.83. The van der Waals surface area contributed by atoms with Gasteiger partial charge in [0.1, 0.15) is 22.7 Å². The highest BCUT2D eigenvalue weighted by Crippen LogP contribution is 2.57. The van der Waals surface area contributed by atoms with Crippen LogP contribution < -0.4 is 4.74 Å². The monoisotopic (exact) mass is 680 g/mol. The first-order chi connectivity index (χ1) is 26.2. The summed E-state index contributed by atoms with van der Waals surface area (Å²) >= 11 is 0. The van der Waals surface area contributed by atoms with Gasteiger partial charge in [-0.05, 0) is 65.7 Å². The molecule has 0 saturated heterocycles. The molecule has 0 saturated carbocycles. The molecule has 0 amide bonds. The molecule has 1 aliphatic rings. The number of rotatable bonds is 5. The number of nitrogens with zero attached hydrogens (tertiary/aromatic N) is 4. The second-order valence-electron chi connectivity index (χ2n) is 13.1. The molecule has 0 radical (unpaired) electrons. The molecule has 0 spiro atoms. The molecular weight excluding hydrogens is 653 g/mol. The fourth-order valence-corrected chi connectivity index (χ4v) is 7.72. The Hall–Kier alpha value is -7.36. The van der Waals surface area contributed by atoms with Gasteiger partial charge in [0.2, 0.25) is 0 Å². The lowest BCUT2D eigenvalue weighted by atomic mass is 9.63. The third-order valence-corrected chi connectivity index (χ3v) is 10.1. The zero-order chi connectivity index (χ0) is 35.4. The fraction of sp³-hybridized carbons (Fsp3) is 0.0213. The molecular formula is C47H28N4O2. The summed E-state index contributed by atoms with van der Waals surface area (Å²) in [5, 5.41) is 11.6. The van der Waals surface area contributed by atoms with E-state index in [1.807, 2.05) is 72.8 Å². The highest BCUT2D eigenvalue weighted by molar-refractivity contribution is 6.05. The third-order valence-electron chi connectivity index (χ3n) is 10.1. The van der Waals surface area contributed by atoms with Crippen LogP contribution in [0, 0.1) is 11.3 Å². The van der Waals surface area contributed by atoms with Crippen LogP contribution in [0.4, 0.5) is 0 Å². The minimum absolute atomic E-state index is 0.463. The van der Waals surface area contributed by atoms with Crippen LogP contribution in [-0.2, 0) is 5.41 Å². The largest absolute Gasteiger partial charge is 0.456 e. The highest BCUT2D eigenvalue weighted by atomic mass is 16.5. The Morgan fingerprint density at radius 1 is 0.491 bits per heavy atom. The molecule has 3 heterocycles. The number of aromatic nitrogens is 3. The van der Waals surface area contributed by atoms with Gasteiger partial charge >= 0.3 is 0 Å². The van der Waals surface area contributed by atoms with Gasteiger partial charge < -0.3 is 9.15 Å². The molecule has 248 valence electrons. The SMILES string of the molecule is N#Cc1ccc(-c2nc(-c3ccc4c(c3)oc3ccccc34)nc(-c3cccc4c3Oc3ccccc3C4(c3ccccc3)c3ccccc3)n2)cc1. The second kappa shape index (κ2) is 12.2. The minimum atomic E-state index is -0.694. The standard InChI is InChI=1S/C47H28N4O2/c48-29-30-22-24-31(25-23-30)44-49-45(32-26-27-36-35-16-7-9-20-40(35)52-42(36)28-32)51-46(50-44)37-17-11-19-39-43(37)53-41-21-10-8-18-38(41)47(39,33-12-3-1-4-13-33)34-14-5-2-6-15-34/h1-28H. The maximum atomic E-state index is 9.50. The molecule has 53 heavy (non-hydrogen) atoms. The van der Waals surface area contributed by atoms with Crippen molar-refractivity contribution in [2.24, 2.45) is 0 Å². The van der Waals surface area contributed by atoms with E-state index in [1.54, 1.807) is 12.1 Å². The van der Waals surface area contributed by atoms with Crippen molar-refractivity contribution < 1.29 is 9.15 Å². The lowest BCUT2D eigenvalue weighted by molar-refractivity contribution is 0.436. The number of nitriles is 1. The Morgan fingerprint density at radius 2 is 1.09 bits per heavy atom. The molecule has 0 bridgehead atoms. The van der Waals surface area contributed by atoms with Gasteiger partial charge in [-0.3, -0.25) is 0 Å². The first kappa shape index (κ1) is 30.5. The molecule has 2 aromatic heterocycles. The highest BCUT2D eigenvalue weighted by Gasteiger charge is 2.46. The van der Waals surface area contributed by atoms with Crippen LogP contribution in [-0.4, -0.2) is 15.0 Å². The van der Waals surface area contributed by atoms with Gasteiger partial charge in [0, 0.05) is 33.0 Å². The van der Waals surface area contributed by atoms with Crippen molar-refractivity contribution in [3.05, 3.63) is 198 Å². The quantitative estimate of drug-likeness (QED) is 0.180. The summed E-state index contributed by atoms with van der Waals surface area (Å²) in [4.78, 5) is 15.3. The molecule has 6 nitrogen and oxygen atoms in total. The first-order valence-electron chi connectivity index (χ1n) is 17.4. The molecule has 6 heteroatoms. The molecule has 0 N–H and O–H groups in total. The molecule has 1 aliphatic heterocycles. The zero-order valence-corrected chi connectivity index (χ0v) is 28.3. The Morgan fingerprint density at radius 3 is 1.85 bits per heavy atom. The van der Waals surface area contributed by atoms with E-state index in [1.165, 1.54) is 0 Å². The van der Waals surface area contributed by atoms with Gasteiger partial charge in [0.25, 0.3) is 0 Å². The molecule has 9 aromatic rings. The van der Waals surface area contributed by atoms with Crippen LogP contribution in [0.5, 0.6) is 11.5 Å². The van der Waals surface area contributed by atoms with E-state index in [-0.39, 0.29) is 0 Å². The van der Waals surface area contributed by atoms with Crippen LogP contribution in [0.25, 0.3) is 56.1 Å². The Kier molecular flexibility index (Phi) is 6.98. The summed E-state index contributed by atoms with van der Waals surface area (Å²) in [6.07, 6.45) is 0. The van der Waals surface area contributed by atoms with Crippen LogP contribution in [0.2, 0.25) is 0 Å². The first-order valence-corrected chi connectivity index (χ1v) is 17.4. The molecule has 0 unspecified atom stereocenters. The Labute approximate surface area is 305 Å². The van der Waals surface area contributed by atoms with Gasteiger partial charge in [-0.25, -0.2) is 15.0 Å². The van der Waals surface area contributed by atoms with E-state index in [4.69, 9.17) is 24.1 Å². The fourth-order valence-electron chi connectivity index (χ4n) is 7.72. The van der Waals surface area contributed by atoms with E-state index in [2.05, 4.69) is 91.0 Å². The Bertz CT molecular complexity index is 2840. The van der Waals surface area contributed by atoms with Crippen LogP contribution in [0.1, 0.15) is 27.8 Å². The lowest BCUT2D eigenvalue weighted by Gasteiger charge is -2.42. The number of ether oxygens (including phenoxy) is 1. The van der Waals surface area contributed by atoms with Crippen molar-refractivity contribution in [3.63, 3.8) is 0 Å². The average Bonchev–Trinajstić information content (AvgIpc) is 3.61. The van der Waals surface area contributed by atoms with E-state index < -0.39 is 5.41 Å². The topological polar surface area (TPSA) is 84.8 Å². The van der Waals surface area contributed by atoms with Crippen molar-refractivity contribution >= 4 is 21.9 Å². The number of para-hydroxylation sites is 3. The van der Waals surface area contributed by atoms with E-state index in [9.17, 15) is 5.26 Å². The van der Waals surface area contributed by atoms with E-state index in [0.717, 1.165) is 66.6 Å². The predicted octanol–water partition coefficient (Wildman–Crippen LogP) is 11.1.